The van der Waals surface area contributed by atoms with Gasteiger partial charge in [0, 0.05) is 24.5 Å². The van der Waals surface area contributed by atoms with E-state index >= 15 is 0 Å². The minimum Gasteiger partial charge on any atom is -0.388 e. The van der Waals surface area contributed by atoms with Crippen LogP contribution in [0.15, 0.2) is 0 Å². The Kier molecular flexibility index (Phi) is 2.54. The van der Waals surface area contributed by atoms with Gasteiger partial charge >= 0.3 is 0 Å². The van der Waals surface area contributed by atoms with E-state index in [-0.39, 0.29) is 5.41 Å². The van der Waals surface area contributed by atoms with Gasteiger partial charge in [-0.05, 0) is 38.6 Å². The van der Waals surface area contributed by atoms with E-state index in [2.05, 4.69) is 4.90 Å². The van der Waals surface area contributed by atoms with Crippen molar-refractivity contribution >= 4 is 0 Å². The van der Waals surface area contributed by atoms with Gasteiger partial charge < -0.3 is 10.8 Å². The Labute approximate surface area is 98.0 Å². The van der Waals surface area contributed by atoms with Gasteiger partial charge in [-0.1, -0.05) is 12.8 Å². The molecule has 2 aliphatic heterocycles. The number of nitrogens with two attached hydrogens (primary N) is 1. The van der Waals surface area contributed by atoms with Crippen LogP contribution >= 0.6 is 0 Å². The molecule has 0 aromatic carbocycles. The summed E-state index contributed by atoms with van der Waals surface area (Å²) in [5.74, 6) is 0. The van der Waals surface area contributed by atoms with Gasteiger partial charge in [0.15, 0.2) is 0 Å². The highest BCUT2D eigenvalue weighted by atomic mass is 16.3. The molecule has 0 spiro atoms. The molecule has 92 valence electrons. The molecule has 1 aliphatic carbocycles. The van der Waals surface area contributed by atoms with Crippen LogP contribution in [0.1, 0.15) is 44.9 Å². The Morgan fingerprint density at radius 3 is 2.56 bits per heavy atom. The van der Waals surface area contributed by atoms with E-state index in [0.717, 1.165) is 25.8 Å². The van der Waals surface area contributed by atoms with Gasteiger partial charge in [-0.3, -0.25) is 4.90 Å². The highest BCUT2D eigenvalue weighted by Crippen LogP contribution is 2.55. The van der Waals surface area contributed by atoms with Gasteiger partial charge in [-0.15, -0.1) is 0 Å². The Hall–Kier alpha value is -0.120. The van der Waals surface area contributed by atoms with E-state index in [4.69, 9.17) is 5.73 Å². The van der Waals surface area contributed by atoms with Gasteiger partial charge in [-0.25, -0.2) is 0 Å². The smallest absolute Gasteiger partial charge is 0.0882 e. The Balaban J connectivity index is 1.86. The van der Waals surface area contributed by atoms with E-state index in [1.165, 1.54) is 32.2 Å². The molecule has 2 unspecified atom stereocenters. The molecule has 0 amide bonds. The summed E-state index contributed by atoms with van der Waals surface area (Å²) in [6.07, 6.45) is 8.26. The highest BCUT2D eigenvalue weighted by molar-refractivity contribution is 5.14. The molecule has 2 heterocycles. The van der Waals surface area contributed by atoms with Crippen LogP contribution in [-0.4, -0.2) is 41.3 Å². The van der Waals surface area contributed by atoms with Crippen molar-refractivity contribution < 1.29 is 5.11 Å². The Morgan fingerprint density at radius 1 is 1.12 bits per heavy atom. The molecule has 0 radical (unpaired) electrons. The SMILES string of the molecule is NCC1(C2(O)CCN3CCCCC32)CCC1. The summed E-state index contributed by atoms with van der Waals surface area (Å²) in [6.45, 7) is 2.95. The molecule has 3 rings (SSSR count). The molecule has 3 aliphatic rings. The quantitative estimate of drug-likeness (QED) is 0.738. The third kappa shape index (κ3) is 1.25. The van der Waals surface area contributed by atoms with E-state index in [1.807, 2.05) is 0 Å². The maximum Gasteiger partial charge on any atom is 0.0882 e. The molecule has 3 nitrogen and oxygen atoms in total. The molecule has 2 atom stereocenters. The Bertz CT molecular complexity index is 272. The zero-order chi connectivity index (χ0) is 11.2. The highest BCUT2D eigenvalue weighted by Gasteiger charge is 2.60. The molecular formula is C13H24N2O. The van der Waals surface area contributed by atoms with Crippen molar-refractivity contribution in [2.45, 2.75) is 56.6 Å². The second kappa shape index (κ2) is 3.69. The maximum atomic E-state index is 11.1. The summed E-state index contributed by atoms with van der Waals surface area (Å²) in [5, 5.41) is 11.1. The average molecular weight is 224 g/mol. The van der Waals surface area contributed by atoms with Crippen LogP contribution < -0.4 is 5.73 Å². The first-order valence-electron chi connectivity index (χ1n) is 6.88. The minimum atomic E-state index is -0.472. The molecule has 3 fully saturated rings. The predicted molar refractivity (Wildman–Crippen MR) is 64.1 cm³/mol. The Morgan fingerprint density at radius 2 is 1.94 bits per heavy atom. The summed E-state index contributed by atoms with van der Waals surface area (Å²) in [4.78, 5) is 2.51. The standard InChI is InChI=1S/C13H24N2O/c14-10-12(5-3-6-12)13(16)7-9-15-8-2-1-4-11(13)15/h11,16H,1-10,14H2. The average Bonchev–Trinajstić information content (AvgIpc) is 2.58. The van der Waals surface area contributed by atoms with Crippen LogP contribution in [-0.2, 0) is 0 Å². The van der Waals surface area contributed by atoms with Crippen molar-refractivity contribution in [1.82, 2.24) is 4.90 Å². The van der Waals surface area contributed by atoms with Crippen molar-refractivity contribution in [1.29, 1.82) is 0 Å². The van der Waals surface area contributed by atoms with Crippen LogP contribution in [0, 0.1) is 5.41 Å². The van der Waals surface area contributed by atoms with Crippen molar-refractivity contribution in [3.05, 3.63) is 0 Å². The molecule has 16 heavy (non-hydrogen) atoms. The van der Waals surface area contributed by atoms with E-state index < -0.39 is 5.60 Å². The normalized spacial score (nSPS) is 42.8. The largest absolute Gasteiger partial charge is 0.388 e. The fourth-order valence-electron chi connectivity index (χ4n) is 4.32. The van der Waals surface area contributed by atoms with E-state index in [9.17, 15) is 5.11 Å². The van der Waals surface area contributed by atoms with Crippen molar-refractivity contribution in [2.24, 2.45) is 11.1 Å². The first-order valence-corrected chi connectivity index (χ1v) is 6.88. The number of nitrogens with zero attached hydrogens (tertiary/aromatic N) is 1. The number of piperidine rings is 1. The zero-order valence-corrected chi connectivity index (χ0v) is 10.1. The number of hydrogen-bond donors (Lipinski definition) is 2. The summed E-state index contributed by atoms with van der Waals surface area (Å²) < 4.78 is 0. The number of rotatable bonds is 2. The molecular weight excluding hydrogens is 200 g/mol. The third-order valence-electron chi connectivity index (χ3n) is 5.56. The lowest BCUT2D eigenvalue weighted by molar-refractivity contribution is -0.144. The topological polar surface area (TPSA) is 49.5 Å². The number of hydrogen-bond acceptors (Lipinski definition) is 3. The van der Waals surface area contributed by atoms with Gasteiger partial charge in [0.1, 0.15) is 0 Å². The fraction of sp³-hybridized carbons (Fsp3) is 1.00. The zero-order valence-electron chi connectivity index (χ0n) is 10.1. The lowest BCUT2D eigenvalue weighted by Crippen LogP contribution is -2.62. The molecule has 1 saturated carbocycles. The van der Waals surface area contributed by atoms with Gasteiger partial charge in [0.2, 0.25) is 0 Å². The third-order valence-corrected chi connectivity index (χ3v) is 5.56. The fourth-order valence-corrected chi connectivity index (χ4v) is 4.32. The van der Waals surface area contributed by atoms with Gasteiger partial charge in [0.05, 0.1) is 5.60 Å². The van der Waals surface area contributed by atoms with Crippen LogP contribution in [0.2, 0.25) is 0 Å². The summed E-state index contributed by atoms with van der Waals surface area (Å²) >= 11 is 0. The molecule has 0 aromatic heterocycles. The van der Waals surface area contributed by atoms with Crippen LogP contribution in [0.25, 0.3) is 0 Å². The molecule has 0 bridgehead atoms. The second-order valence-corrected chi connectivity index (χ2v) is 6.06. The second-order valence-electron chi connectivity index (χ2n) is 6.06. The first-order chi connectivity index (χ1) is 7.72. The van der Waals surface area contributed by atoms with Crippen LogP contribution in [0.3, 0.4) is 0 Å². The first kappa shape index (κ1) is 11.0. The van der Waals surface area contributed by atoms with Crippen molar-refractivity contribution in [2.75, 3.05) is 19.6 Å². The predicted octanol–water partition coefficient (Wildman–Crippen LogP) is 1.10. The van der Waals surface area contributed by atoms with Gasteiger partial charge in [-0.2, -0.15) is 0 Å². The van der Waals surface area contributed by atoms with E-state index in [1.54, 1.807) is 0 Å². The van der Waals surface area contributed by atoms with E-state index in [0.29, 0.717) is 12.6 Å². The summed E-state index contributed by atoms with van der Waals surface area (Å²) in [5.41, 5.74) is 5.56. The number of aliphatic hydroxyl groups is 1. The summed E-state index contributed by atoms with van der Waals surface area (Å²) in [7, 11) is 0. The van der Waals surface area contributed by atoms with Crippen LogP contribution in [0.4, 0.5) is 0 Å². The lowest BCUT2D eigenvalue weighted by atomic mass is 9.55. The minimum absolute atomic E-state index is 0.0593. The monoisotopic (exact) mass is 224 g/mol. The maximum absolute atomic E-state index is 11.1. The van der Waals surface area contributed by atoms with Gasteiger partial charge in [0.25, 0.3) is 0 Å². The molecule has 0 aromatic rings. The molecule has 3 N–H and O–H groups in total. The van der Waals surface area contributed by atoms with Crippen molar-refractivity contribution in [3.8, 4) is 0 Å². The molecule has 2 saturated heterocycles. The summed E-state index contributed by atoms with van der Waals surface area (Å²) in [6, 6.07) is 0.408. The molecule has 3 heteroatoms. The lowest BCUT2D eigenvalue weighted by Gasteiger charge is -2.55. The van der Waals surface area contributed by atoms with Crippen LogP contribution in [0.5, 0.6) is 0 Å². The van der Waals surface area contributed by atoms with Crippen molar-refractivity contribution in [3.63, 3.8) is 0 Å². The number of fused-ring (bicyclic) bond motifs is 1.